The zero-order valence-corrected chi connectivity index (χ0v) is 13.3. The van der Waals surface area contributed by atoms with Gasteiger partial charge in [-0.1, -0.05) is 11.8 Å². The molecule has 8 heteroatoms. The van der Waals surface area contributed by atoms with Crippen LogP contribution in [-0.2, 0) is 16.1 Å². The number of ether oxygens (including phenoxy) is 1. The number of hydrogen-bond acceptors (Lipinski definition) is 5. The van der Waals surface area contributed by atoms with E-state index in [1.807, 2.05) is 13.8 Å². The zero-order chi connectivity index (χ0) is 15.2. The summed E-state index contributed by atoms with van der Waals surface area (Å²) in [5.41, 5.74) is -0.247. The fraction of sp³-hybridized carbons (Fsp3) is 0.769. The lowest BCUT2D eigenvalue weighted by atomic mass is 10.2. The third-order valence-electron chi connectivity index (χ3n) is 3.57. The summed E-state index contributed by atoms with van der Waals surface area (Å²) in [7, 11) is 0. The summed E-state index contributed by atoms with van der Waals surface area (Å²) in [5, 5.41) is 7.00. The van der Waals surface area contributed by atoms with Gasteiger partial charge in [0.2, 0.25) is 5.91 Å². The van der Waals surface area contributed by atoms with E-state index in [0.29, 0.717) is 24.8 Å². The van der Waals surface area contributed by atoms with Gasteiger partial charge in [0.05, 0.1) is 18.4 Å². The molecule has 0 saturated carbocycles. The van der Waals surface area contributed by atoms with Gasteiger partial charge < -0.3 is 9.64 Å². The van der Waals surface area contributed by atoms with Gasteiger partial charge in [0.1, 0.15) is 0 Å². The van der Waals surface area contributed by atoms with Crippen LogP contribution >= 0.6 is 11.8 Å². The van der Waals surface area contributed by atoms with Crippen molar-refractivity contribution in [2.75, 3.05) is 25.4 Å². The van der Waals surface area contributed by atoms with E-state index in [1.54, 1.807) is 9.47 Å². The van der Waals surface area contributed by atoms with E-state index in [9.17, 15) is 9.59 Å². The Morgan fingerprint density at radius 3 is 2.90 bits per heavy atom. The molecule has 2 heterocycles. The summed E-state index contributed by atoms with van der Waals surface area (Å²) in [6.07, 6.45) is 2.05. The van der Waals surface area contributed by atoms with Crippen molar-refractivity contribution in [2.24, 2.45) is 0 Å². The molecule has 1 fully saturated rings. The molecule has 1 unspecified atom stereocenters. The summed E-state index contributed by atoms with van der Waals surface area (Å²) in [5.74, 6) is 0.349. The number of carbonyl (C=O) groups excluding carboxylic acids is 1. The highest BCUT2D eigenvalue weighted by Gasteiger charge is 2.20. The lowest BCUT2D eigenvalue weighted by molar-refractivity contribution is -0.127. The minimum atomic E-state index is -0.247. The molecule has 0 bridgehead atoms. The molecule has 7 nitrogen and oxygen atoms in total. The van der Waals surface area contributed by atoms with E-state index in [1.165, 1.54) is 11.8 Å². The van der Waals surface area contributed by atoms with Crippen molar-refractivity contribution in [1.29, 1.82) is 0 Å². The number of H-pyrrole nitrogens is 1. The standard InChI is InChI=1S/C13H22N4O3S/c1-3-16(4-2)11(18)9-21-13-15-14-12(19)17(13)8-10-6-5-7-20-10/h10H,3-9H2,1-2H3,(H,14,19). The first kappa shape index (κ1) is 16.1. The van der Waals surface area contributed by atoms with Crippen molar-refractivity contribution in [3.63, 3.8) is 0 Å². The maximum Gasteiger partial charge on any atom is 0.344 e. The Bertz CT molecular complexity index is 518. The van der Waals surface area contributed by atoms with E-state index in [0.717, 1.165) is 19.4 Å². The quantitative estimate of drug-likeness (QED) is 0.750. The van der Waals surface area contributed by atoms with Crippen LogP contribution in [0.3, 0.4) is 0 Å². The molecule has 1 amide bonds. The second kappa shape index (κ2) is 7.65. The number of thioether (sulfide) groups is 1. The van der Waals surface area contributed by atoms with Gasteiger partial charge in [-0.25, -0.2) is 9.89 Å². The monoisotopic (exact) mass is 314 g/mol. The molecule has 0 radical (unpaired) electrons. The third-order valence-corrected chi connectivity index (χ3v) is 4.54. The normalized spacial score (nSPS) is 18.1. The molecule has 1 aromatic heterocycles. The minimum absolute atomic E-state index is 0.0594. The highest BCUT2D eigenvalue weighted by atomic mass is 32.2. The van der Waals surface area contributed by atoms with Gasteiger partial charge in [0, 0.05) is 19.7 Å². The number of hydrogen-bond donors (Lipinski definition) is 1. The molecular formula is C13H22N4O3S. The number of nitrogens with one attached hydrogen (secondary N) is 1. The van der Waals surface area contributed by atoms with Gasteiger partial charge >= 0.3 is 5.69 Å². The van der Waals surface area contributed by atoms with E-state index >= 15 is 0 Å². The fourth-order valence-electron chi connectivity index (χ4n) is 2.36. The molecule has 1 aliphatic rings. The van der Waals surface area contributed by atoms with Crippen LogP contribution in [0.5, 0.6) is 0 Å². The first-order valence-electron chi connectivity index (χ1n) is 7.33. The van der Waals surface area contributed by atoms with Crippen molar-refractivity contribution >= 4 is 17.7 Å². The van der Waals surface area contributed by atoms with Crippen LogP contribution in [0.25, 0.3) is 0 Å². The molecular weight excluding hydrogens is 292 g/mol. The molecule has 1 N–H and O–H groups in total. The maximum absolute atomic E-state index is 12.0. The van der Waals surface area contributed by atoms with E-state index in [4.69, 9.17) is 4.74 Å². The first-order valence-corrected chi connectivity index (χ1v) is 8.31. The summed E-state index contributed by atoms with van der Waals surface area (Å²) in [4.78, 5) is 25.6. The van der Waals surface area contributed by atoms with E-state index in [-0.39, 0.29) is 23.5 Å². The molecule has 0 spiro atoms. The third kappa shape index (κ3) is 4.10. The van der Waals surface area contributed by atoms with Gasteiger partial charge in [-0.05, 0) is 26.7 Å². The molecule has 21 heavy (non-hydrogen) atoms. The molecule has 0 aliphatic carbocycles. The molecule has 118 valence electrons. The number of aromatic amines is 1. The molecule has 1 atom stereocenters. The summed E-state index contributed by atoms with van der Waals surface area (Å²) in [6, 6.07) is 0. The molecule has 1 aromatic rings. The smallest absolute Gasteiger partial charge is 0.344 e. The predicted octanol–water partition coefficient (Wildman–Crippen LogP) is 0.711. The topological polar surface area (TPSA) is 80.2 Å². The summed E-state index contributed by atoms with van der Waals surface area (Å²) >= 11 is 1.29. The number of amides is 1. The Kier molecular flexibility index (Phi) is 5.86. The average Bonchev–Trinajstić information content (AvgIpc) is 3.10. The van der Waals surface area contributed by atoms with Gasteiger partial charge in [0.15, 0.2) is 5.16 Å². The predicted molar refractivity (Wildman–Crippen MR) is 80.5 cm³/mol. The van der Waals surface area contributed by atoms with Crippen LogP contribution in [0.4, 0.5) is 0 Å². The molecule has 0 aromatic carbocycles. The Morgan fingerprint density at radius 2 is 2.29 bits per heavy atom. The highest BCUT2D eigenvalue weighted by molar-refractivity contribution is 7.99. The lowest BCUT2D eigenvalue weighted by Gasteiger charge is -2.18. The minimum Gasteiger partial charge on any atom is -0.376 e. The van der Waals surface area contributed by atoms with Gasteiger partial charge in [-0.15, -0.1) is 5.10 Å². The highest BCUT2D eigenvalue weighted by Crippen LogP contribution is 2.18. The van der Waals surface area contributed by atoms with E-state index in [2.05, 4.69) is 10.2 Å². The fourth-order valence-corrected chi connectivity index (χ4v) is 3.22. The second-order valence-electron chi connectivity index (χ2n) is 4.91. The van der Waals surface area contributed by atoms with Crippen LogP contribution in [0, 0.1) is 0 Å². The van der Waals surface area contributed by atoms with Gasteiger partial charge in [-0.2, -0.15) is 0 Å². The van der Waals surface area contributed by atoms with Crippen molar-refractivity contribution in [1.82, 2.24) is 19.7 Å². The molecule has 1 saturated heterocycles. The zero-order valence-electron chi connectivity index (χ0n) is 12.5. The second-order valence-corrected chi connectivity index (χ2v) is 5.85. The van der Waals surface area contributed by atoms with E-state index < -0.39 is 0 Å². The molecule has 2 rings (SSSR count). The summed E-state index contributed by atoms with van der Waals surface area (Å²) < 4.78 is 7.11. The Labute approximate surface area is 128 Å². The summed E-state index contributed by atoms with van der Waals surface area (Å²) in [6.45, 7) is 6.54. The maximum atomic E-state index is 12.0. The lowest BCUT2D eigenvalue weighted by Crippen LogP contribution is -2.32. The van der Waals surface area contributed by atoms with Gasteiger partial charge in [0.25, 0.3) is 0 Å². The van der Waals surface area contributed by atoms with Gasteiger partial charge in [-0.3, -0.25) is 9.36 Å². The van der Waals surface area contributed by atoms with Crippen molar-refractivity contribution < 1.29 is 9.53 Å². The largest absolute Gasteiger partial charge is 0.376 e. The van der Waals surface area contributed by atoms with Crippen LogP contribution in [-0.4, -0.2) is 57.1 Å². The van der Waals surface area contributed by atoms with Crippen molar-refractivity contribution in [2.45, 2.75) is 44.5 Å². The molecule has 1 aliphatic heterocycles. The van der Waals surface area contributed by atoms with Crippen LogP contribution in [0.1, 0.15) is 26.7 Å². The Hall–Kier alpha value is -1.28. The SMILES string of the molecule is CCN(CC)C(=O)CSc1n[nH]c(=O)n1CC1CCCO1. The van der Waals surface area contributed by atoms with Crippen LogP contribution in [0.15, 0.2) is 9.95 Å². The number of aromatic nitrogens is 3. The Balaban J connectivity index is 1.97. The average molecular weight is 314 g/mol. The number of nitrogens with zero attached hydrogens (tertiary/aromatic N) is 3. The first-order chi connectivity index (χ1) is 10.2. The number of rotatable bonds is 7. The Morgan fingerprint density at radius 1 is 1.52 bits per heavy atom. The van der Waals surface area contributed by atoms with Crippen molar-refractivity contribution in [3.05, 3.63) is 10.5 Å². The van der Waals surface area contributed by atoms with Crippen LogP contribution < -0.4 is 5.69 Å². The number of carbonyl (C=O) groups is 1. The van der Waals surface area contributed by atoms with Crippen molar-refractivity contribution in [3.8, 4) is 0 Å². The van der Waals surface area contributed by atoms with Crippen LogP contribution in [0.2, 0.25) is 0 Å².